The smallest absolute Gasteiger partial charge is 0.289 e. The second kappa shape index (κ2) is 4.48. The molecule has 0 spiro atoms. The van der Waals surface area contributed by atoms with E-state index in [4.69, 9.17) is 22.4 Å². The van der Waals surface area contributed by atoms with Crippen LogP contribution in [0.4, 0.5) is 13.2 Å². The number of nitrogens with two attached hydrogens (primary N) is 1. The Hall–Kier alpha value is -0.980. The molecule has 0 saturated heterocycles. The van der Waals surface area contributed by atoms with Crippen molar-refractivity contribution in [2.45, 2.75) is 12.0 Å². The molecule has 7 heteroatoms. The van der Waals surface area contributed by atoms with Crippen LogP contribution in [0, 0.1) is 5.82 Å². The van der Waals surface area contributed by atoms with Crippen molar-refractivity contribution < 1.29 is 23.4 Å². The number of aromatic hydroxyl groups is 1. The highest BCUT2D eigenvalue weighted by Crippen LogP contribution is 2.39. The number of phenols is 1. The van der Waals surface area contributed by atoms with Crippen LogP contribution in [0.3, 0.4) is 0 Å². The van der Waals surface area contributed by atoms with Crippen molar-refractivity contribution in [3.05, 3.63) is 28.5 Å². The zero-order chi connectivity index (χ0) is 12.5. The van der Waals surface area contributed by atoms with Crippen molar-refractivity contribution in [3.63, 3.8) is 0 Å². The van der Waals surface area contributed by atoms with Gasteiger partial charge in [-0.3, -0.25) is 0 Å². The fourth-order valence-electron chi connectivity index (χ4n) is 1.16. The summed E-state index contributed by atoms with van der Waals surface area (Å²) in [4.78, 5) is 0. The van der Waals surface area contributed by atoms with Gasteiger partial charge in [0.2, 0.25) is 0 Å². The molecule has 16 heavy (non-hydrogen) atoms. The number of phenolic OH excluding ortho intramolecular Hbond substituents is 1. The van der Waals surface area contributed by atoms with Gasteiger partial charge in [0.15, 0.2) is 11.6 Å². The zero-order valence-corrected chi connectivity index (χ0v) is 8.68. The van der Waals surface area contributed by atoms with E-state index in [9.17, 15) is 18.3 Å². The Morgan fingerprint density at radius 3 is 2.50 bits per heavy atom. The highest BCUT2D eigenvalue weighted by molar-refractivity contribution is 6.31. The normalized spacial score (nSPS) is 13.9. The van der Waals surface area contributed by atoms with E-state index in [-0.39, 0.29) is 5.02 Å². The first-order chi connectivity index (χ1) is 7.31. The van der Waals surface area contributed by atoms with Crippen molar-refractivity contribution >= 4 is 11.6 Å². The van der Waals surface area contributed by atoms with E-state index < -0.39 is 35.7 Å². The third-order valence-corrected chi connectivity index (χ3v) is 2.42. The minimum atomic E-state index is -3.70. The largest absolute Gasteiger partial charge is 0.505 e. The summed E-state index contributed by atoms with van der Waals surface area (Å²) >= 11 is 5.54. The Morgan fingerprint density at radius 1 is 1.44 bits per heavy atom. The summed E-state index contributed by atoms with van der Waals surface area (Å²) in [5, 5.41) is 17.4. The summed E-state index contributed by atoms with van der Waals surface area (Å²) in [5.74, 6) is -5.84. The average molecular weight is 256 g/mol. The molecule has 0 aliphatic rings. The van der Waals surface area contributed by atoms with E-state index in [1.165, 1.54) is 0 Å². The van der Waals surface area contributed by atoms with Gasteiger partial charge in [-0.2, -0.15) is 0 Å². The fraction of sp³-hybridized carbons (Fsp3) is 0.333. The van der Waals surface area contributed by atoms with E-state index in [0.29, 0.717) is 0 Å². The molecule has 0 unspecified atom stereocenters. The van der Waals surface area contributed by atoms with E-state index >= 15 is 0 Å². The summed E-state index contributed by atoms with van der Waals surface area (Å²) in [5.41, 5.74) is 4.51. The molecule has 0 amide bonds. The maximum Gasteiger partial charge on any atom is 0.289 e. The number of halogens is 4. The second-order valence-corrected chi connectivity index (χ2v) is 3.60. The van der Waals surface area contributed by atoms with Gasteiger partial charge in [0.1, 0.15) is 12.6 Å². The fourth-order valence-corrected chi connectivity index (χ4v) is 1.43. The minimum absolute atomic E-state index is 0.292. The van der Waals surface area contributed by atoms with Gasteiger partial charge < -0.3 is 15.9 Å². The van der Waals surface area contributed by atoms with Gasteiger partial charge in [0.25, 0.3) is 5.92 Å². The molecule has 0 aliphatic heterocycles. The molecule has 0 bridgehead atoms. The van der Waals surface area contributed by atoms with Gasteiger partial charge in [0, 0.05) is 10.6 Å². The predicted octanol–water partition coefficient (Wildman–Crippen LogP) is 1.81. The Balaban J connectivity index is 3.28. The van der Waals surface area contributed by atoms with Gasteiger partial charge in [-0.05, 0) is 12.1 Å². The number of alkyl halides is 2. The van der Waals surface area contributed by atoms with E-state index in [2.05, 4.69) is 0 Å². The Morgan fingerprint density at radius 2 is 2.00 bits per heavy atom. The SMILES string of the molecule is N[C@@H](c1c(Cl)ccc(F)c1O)C(F)(F)CO. The van der Waals surface area contributed by atoms with Crippen LogP contribution < -0.4 is 5.73 Å². The lowest BCUT2D eigenvalue weighted by molar-refractivity contribution is -0.0716. The molecule has 1 rings (SSSR count). The Labute approximate surface area is 94.3 Å². The van der Waals surface area contributed by atoms with Gasteiger partial charge in [-0.1, -0.05) is 11.6 Å². The van der Waals surface area contributed by atoms with E-state index in [0.717, 1.165) is 12.1 Å². The summed E-state index contributed by atoms with van der Waals surface area (Å²) in [6.07, 6.45) is 0. The standard InChI is InChI=1S/C9H9ClF3NO2/c10-4-1-2-5(11)7(16)6(4)8(14)9(12,13)3-15/h1-2,8,15-16H,3,14H2/t8-/m0/s1. The van der Waals surface area contributed by atoms with Crippen molar-refractivity contribution in [2.24, 2.45) is 5.73 Å². The van der Waals surface area contributed by atoms with E-state index in [1.54, 1.807) is 0 Å². The first-order valence-electron chi connectivity index (χ1n) is 4.22. The molecule has 0 radical (unpaired) electrons. The topological polar surface area (TPSA) is 66.5 Å². The molecule has 4 N–H and O–H groups in total. The van der Waals surface area contributed by atoms with Crippen LogP contribution >= 0.6 is 11.6 Å². The lowest BCUT2D eigenvalue weighted by Crippen LogP contribution is -2.36. The van der Waals surface area contributed by atoms with Crippen LogP contribution in [0.25, 0.3) is 0 Å². The van der Waals surface area contributed by atoms with Crippen LogP contribution in [0.1, 0.15) is 11.6 Å². The Bertz CT molecular complexity index is 401. The van der Waals surface area contributed by atoms with Crippen LogP contribution in [-0.2, 0) is 0 Å². The number of aliphatic hydroxyl groups excluding tert-OH is 1. The van der Waals surface area contributed by atoms with Crippen LogP contribution in [0.2, 0.25) is 5.02 Å². The van der Waals surface area contributed by atoms with Crippen molar-refractivity contribution in [1.82, 2.24) is 0 Å². The monoisotopic (exact) mass is 255 g/mol. The molecule has 0 heterocycles. The van der Waals surface area contributed by atoms with Gasteiger partial charge >= 0.3 is 0 Å². The molecular formula is C9H9ClF3NO2. The maximum absolute atomic E-state index is 13.1. The number of aliphatic hydroxyl groups is 1. The first kappa shape index (κ1) is 13.1. The summed E-state index contributed by atoms with van der Waals surface area (Å²) in [6.45, 7) is -1.53. The highest BCUT2D eigenvalue weighted by atomic mass is 35.5. The first-order valence-corrected chi connectivity index (χ1v) is 4.60. The second-order valence-electron chi connectivity index (χ2n) is 3.19. The summed E-state index contributed by atoms with van der Waals surface area (Å²) in [6, 6.07) is -0.259. The van der Waals surface area contributed by atoms with Crippen molar-refractivity contribution in [1.29, 1.82) is 0 Å². The number of hydrogen-bond acceptors (Lipinski definition) is 3. The lowest BCUT2D eigenvalue weighted by Gasteiger charge is -2.23. The lowest BCUT2D eigenvalue weighted by atomic mass is 10.0. The van der Waals surface area contributed by atoms with Crippen LogP contribution in [0.15, 0.2) is 12.1 Å². The van der Waals surface area contributed by atoms with Crippen LogP contribution in [0.5, 0.6) is 5.75 Å². The molecule has 90 valence electrons. The van der Waals surface area contributed by atoms with E-state index in [1.807, 2.05) is 0 Å². The molecule has 0 aromatic heterocycles. The molecule has 1 aromatic carbocycles. The molecule has 0 aliphatic carbocycles. The zero-order valence-electron chi connectivity index (χ0n) is 7.92. The average Bonchev–Trinajstić information content (AvgIpc) is 2.24. The van der Waals surface area contributed by atoms with Gasteiger partial charge in [0.05, 0.1) is 0 Å². The predicted molar refractivity (Wildman–Crippen MR) is 52.0 cm³/mol. The summed E-state index contributed by atoms with van der Waals surface area (Å²) in [7, 11) is 0. The van der Waals surface area contributed by atoms with Crippen molar-refractivity contribution in [3.8, 4) is 5.75 Å². The molecule has 0 saturated carbocycles. The summed E-state index contributed by atoms with van der Waals surface area (Å²) < 4.78 is 39.1. The van der Waals surface area contributed by atoms with Gasteiger partial charge in [-0.15, -0.1) is 0 Å². The molecule has 1 aromatic rings. The Kier molecular flexibility index (Phi) is 3.67. The molecule has 3 nitrogen and oxygen atoms in total. The van der Waals surface area contributed by atoms with Gasteiger partial charge in [-0.25, -0.2) is 13.2 Å². The molecule has 1 atom stereocenters. The third-order valence-electron chi connectivity index (χ3n) is 2.09. The quantitative estimate of drug-likeness (QED) is 0.772. The van der Waals surface area contributed by atoms with Crippen molar-refractivity contribution in [2.75, 3.05) is 6.61 Å². The minimum Gasteiger partial charge on any atom is -0.505 e. The highest BCUT2D eigenvalue weighted by Gasteiger charge is 2.40. The molecular weight excluding hydrogens is 247 g/mol. The molecule has 0 fully saturated rings. The van der Waals surface area contributed by atoms with Crippen LogP contribution in [-0.4, -0.2) is 22.7 Å². The number of hydrogen-bond donors (Lipinski definition) is 3. The third kappa shape index (κ3) is 2.23. The number of benzene rings is 1. The maximum atomic E-state index is 13.1. The number of rotatable bonds is 3.